The fraction of sp³-hybridized carbons (Fsp3) is 0.571. The summed E-state index contributed by atoms with van der Waals surface area (Å²) in [6, 6.07) is 9.64. The molecule has 1 aromatic rings. The van der Waals surface area contributed by atoms with Crippen molar-refractivity contribution in [1.29, 1.82) is 0 Å². The molecule has 5 heteroatoms. The number of rotatable bonds is 12. The first kappa shape index (κ1) is 15.9. The second-order valence-electron chi connectivity index (χ2n) is 3.72. The second kappa shape index (κ2) is 11.9. The lowest BCUT2D eigenvalue weighted by atomic mass is 10.3. The third kappa shape index (κ3) is 9.44. The van der Waals surface area contributed by atoms with Crippen LogP contribution >= 0.6 is 0 Å². The standard InChI is InChI=1S/C14H22O5/c15-6-7-16-8-9-17-10-11-18-12-13-19-14-4-2-1-3-5-14/h1-5,15H,6-13H2. The van der Waals surface area contributed by atoms with E-state index in [-0.39, 0.29) is 6.61 Å². The van der Waals surface area contributed by atoms with Crippen molar-refractivity contribution in [3.63, 3.8) is 0 Å². The van der Waals surface area contributed by atoms with Crippen LogP contribution in [0.3, 0.4) is 0 Å². The van der Waals surface area contributed by atoms with Crippen molar-refractivity contribution in [2.75, 3.05) is 52.9 Å². The van der Waals surface area contributed by atoms with E-state index in [1.165, 1.54) is 0 Å². The van der Waals surface area contributed by atoms with Gasteiger partial charge in [0.15, 0.2) is 0 Å². The van der Waals surface area contributed by atoms with E-state index in [0.717, 1.165) is 5.75 Å². The molecule has 0 atom stereocenters. The molecule has 0 bridgehead atoms. The Kier molecular flexibility index (Phi) is 9.99. The minimum Gasteiger partial charge on any atom is -0.491 e. The highest BCUT2D eigenvalue weighted by Crippen LogP contribution is 2.07. The lowest BCUT2D eigenvalue weighted by Gasteiger charge is -2.07. The van der Waals surface area contributed by atoms with E-state index >= 15 is 0 Å². The second-order valence-corrected chi connectivity index (χ2v) is 3.72. The van der Waals surface area contributed by atoms with Gasteiger partial charge in [-0.3, -0.25) is 0 Å². The Morgan fingerprint density at radius 1 is 0.684 bits per heavy atom. The smallest absolute Gasteiger partial charge is 0.119 e. The zero-order valence-corrected chi connectivity index (χ0v) is 11.1. The van der Waals surface area contributed by atoms with Gasteiger partial charge in [0.1, 0.15) is 12.4 Å². The van der Waals surface area contributed by atoms with E-state index in [1.54, 1.807) is 0 Å². The molecule has 1 rings (SSSR count). The average Bonchev–Trinajstić information content (AvgIpc) is 2.46. The molecule has 0 aliphatic carbocycles. The quantitative estimate of drug-likeness (QED) is 0.577. The van der Waals surface area contributed by atoms with Crippen molar-refractivity contribution in [3.8, 4) is 5.75 Å². The van der Waals surface area contributed by atoms with Crippen LogP contribution in [0.15, 0.2) is 30.3 Å². The van der Waals surface area contributed by atoms with Gasteiger partial charge < -0.3 is 24.1 Å². The van der Waals surface area contributed by atoms with Gasteiger partial charge in [-0.25, -0.2) is 0 Å². The summed E-state index contributed by atoms with van der Waals surface area (Å²) in [5, 5.41) is 8.47. The van der Waals surface area contributed by atoms with Crippen LogP contribution in [0.5, 0.6) is 5.75 Å². The van der Waals surface area contributed by atoms with E-state index in [1.807, 2.05) is 30.3 Å². The Morgan fingerprint density at radius 3 is 1.79 bits per heavy atom. The number of hydrogen-bond donors (Lipinski definition) is 1. The predicted octanol–water partition coefficient (Wildman–Crippen LogP) is 1.11. The van der Waals surface area contributed by atoms with Gasteiger partial charge >= 0.3 is 0 Å². The molecule has 0 saturated heterocycles. The zero-order valence-electron chi connectivity index (χ0n) is 11.1. The maximum Gasteiger partial charge on any atom is 0.119 e. The minimum atomic E-state index is 0.0462. The molecule has 0 amide bonds. The Labute approximate surface area is 114 Å². The van der Waals surface area contributed by atoms with Crippen LogP contribution in [-0.2, 0) is 14.2 Å². The van der Waals surface area contributed by atoms with Gasteiger partial charge in [-0.05, 0) is 12.1 Å². The van der Waals surface area contributed by atoms with Gasteiger partial charge in [0, 0.05) is 0 Å². The topological polar surface area (TPSA) is 57.2 Å². The number of aliphatic hydroxyl groups is 1. The van der Waals surface area contributed by atoms with E-state index < -0.39 is 0 Å². The molecule has 0 aliphatic heterocycles. The van der Waals surface area contributed by atoms with Crippen LogP contribution < -0.4 is 4.74 Å². The lowest BCUT2D eigenvalue weighted by Crippen LogP contribution is -2.13. The predicted molar refractivity (Wildman–Crippen MR) is 71.5 cm³/mol. The van der Waals surface area contributed by atoms with Crippen molar-refractivity contribution < 1.29 is 24.1 Å². The normalized spacial score (nSPS) is 10.6. The molecule has 0 spiro atoms. The molecule has 0 heterocycles. The molecule has 0 aliphatic rings. The molecule has 0 fully saturated rings. The number of ether oxygens (including phenoxy) is 4. The summed E-state index contributed by atoms with van der Waals surface area (Å²) in [6.07, 6.45) is 0. The highest BCUT2D eigenvalue weighted by molar-refractivity contribution is 5.20. The number of para-hydroxylation sites is 1. The van der Waals surface area contributed by atoms with E-state index in [0.29, 0.717) is 46.2 Å². The summed E-state index contributed by atoms with van der Waals surface area (Å²) in [4.78, 5) is 0. The van der Waals surface area contributed by atoms with Gasteiger partial charge in [-0.1, -0.05) is 18.2 Å². The Bertz CT molecular complexity index is 291. The summed E-state index contributed by atoms with van der Waals surface area (Å²) >= 11 is 0. The summed E-state index contributed by atoms with van der Waals surface area (Å²) < 4.78 is 21.1. The molecule has 1 N–H and O–H groups in total. The van der Waals surface area contributed by atoms with Gasteiger partial charge in [0.2, 0.25) is 0 Å². The molecule has 0 unspecified atom stereocenters. The molecule has 0 radical (unpaired) electrons. The van der Waals surface area contributed by atoms with Crippen molar-refractivity contribution in [1.82, 2.24) is 0 Å². The first-order valence-corrected chi connectivity index (χ1v) is 6.45. The zero-order chi connectivity index (χ0) is 13.6. The first-order chi connectivity index (χ1) is 9.43. The SMILES string of the molecule is OCCOCCOCCOCCOc1ccccc1. The van der Waals surface area contributed by atoms with Crippen molar-refractivity contribution in [3.05, 3.63) is 30.3 Å². The van der Waals surface area contributed by atoms with Gasteiger partial charge in [-0.15, -0.1) is 0 Å². The molecule has 0 aromatic heterocycles. The maximum absolute atomic E-state index is 8.47. The number of aliphatic hydroxyl groups excluding tert-OH is 1. The van der Waals surface area contributed by atoms with Crippen LogP contribution in [0.4, 0.5) is 0 Å². The largest absolute Gasteiger partial charge is 0.491 e. The molecule has 5 nitrogen and oxygen atoms in total. The summed E-state index contributed by atoms with van der Waals surface area (Å²) in [5.41, 5.74) is 0. The molecule has 1 aromatic carbocycles. The van der Waals surface area contributed by atoms with Gasteiger partial charge in [0.25, 0.3) is 0 Å². The van der Waals surface area contributed by atoms with E-state index in [9.17, 15) is 0 Å². The molecule has 19 heavy (non-hydrogen) atoms. The monoisotopic (exact) mass is 270 g/mol. The Balaban J connectivity index is 1.79. The van der Waals surface area contributed by atoms with Crippen LogP contribution in [0, 0.1) is 0 Å². The number of benzene rings is 1. The maximum atomic E-state index is 8.47. The van der Waals surface area contributed by atoms with E-state index in [4.69, 9.17) is 24.1 Å². The molecule has 108 valence electrons. The van der Waals surface area contributed by atoms with E-state index in [2.05, 4.69) is 0 Å². The van der Waals surface area contributed by atoms with Crippen molar-refractivity contribution in [2.24, 2.45) is 0 Å². The molecular weight excluding hydrogens is 248 g/mol. The third-order valence-corrected chi connectivity index (χ3v) is 2.22. The minimum absolute atomic E-state index is 0.0462. The molecular formula is C14H22O5. The van der Waals surface area contributed by atoms with Crippen LogP contribution in [0.25, 0.3) is 0 Å². The van der Waals surface area contributed by atoms with Crippen molar-refractivity contribution in [2.45, 2.75) is 0 Å². The Hall–Kier alpha value is -1.14. The van der Waals surface area contributed by atoms with Crippen LogP contribution in [-0.4, -0.2) is 58.0 Å². The fourth-order valence-electron chi connectivity index (χ4n) is 1.34. The first-order valence-electron chi connectivity index (χ1n) is 6.45. The van der Waals surface area contributed by atoms with Gasteiger partial charge in [-0.2, -0.15) is 0 Å². The summed E-state index contributed by atoms with van der Waals surface area (Å²) in [5.74, 6) is 0.850. The number of hydrogen-bond acceptors (Lipinski definition) is 5. The summed E-state index contributed by atoms with van der Waals surface area (Å²) in [6.45, 7) is 3.57. The highest BCUT2D eigenvalue weighted by atomic mass is 16.6. The fourth-order valence-corrected chi connectivity index (χ4v) is 1.34. The summed E-state index contributed by atoms with van der Waals surface area (Å²) in [7, 11) is 0. The molecule has 0 saturated carbocycles. The van der Waals surface area contributed by atoms with Crippen molar-refractivity contribution >= 4 is 0 Å². The lowest BCUT2D eigenvalue weighted by molar-refractivity contribution is 0.00361. The average molecular weight is 270 g/mol. The highest BCUT2D eigenvalue weighted by Gasteiger charge is 1.93. The Morgan fingerprint density at radius 2 is 1.21 bits per heavy atom. The van der Waals surface area contributed by atoms with Crippen LogP contribution in [0.1, 0.15) is 0 Å². The van der Waals surface area contributed by atoms with Gasteiger partial charge in [0.05, 0.1) is 46.2 Å². The third-order valence-electron chi connectivity index (χ3n) is 2.22. The van der Waals surface area contributed by atoms with Crippen LogP contribution in [0.2, 0.25) is 0 Å².